The Morgan fingerprint density at radius 3 is 2.72 bits per heavy atom. The smallest absolute Gasteiger partial charge is 0.122 e. The van der Waals surface area contributed by atoms with Crippen molar-refractivity contribution in [2.75, 3.05) is 13.2 Å². The number of aliphatic hydroxyl groups is 2. The molecule has 2 N–H and O–H groups in total. The van der Waals surface area contributed by atoms with Crippen molar-refractivity contribution in [1.82, 2.24) is 0 Å². The number of hydrogen-bond acceptors (Lipinski definition) is 3. The predicted molar refractivity (Wildman–Crippen MR) is 98.3 cm³/mol. The van der Waals surface area contributed by atoms with E-state index in [1.807, 2.05) is 24.3 Å². The molecule has 1 aromatic carbocycles. The summed E-state index contributed by atoms with van der Waals surface area (Å²) in [5.74, 6) is 1.02. The van der Waals surface area contributed by atoms with Crippen LogP contribution in [-0.2, 0) is 39.1 Å². The number of allylic oxidation sites excluding steroid dienone is 2. The van der Waals surface area contributed by atoms with Gasteiger partial charge in [-0.1, -0.05) is 36.8 Å². The second-order valence-corrected chi connectivity index (χ2v) is 6.95. The third-order valence-electron chi connectivity index (χ3n) is 4.71. The molecule has 25 heavy (non-hydrogen) atoms. The second-order valence-electron chi connectivity index (χ2n) is 6.39. The number of alkyl halides is 1. The fourth-order valence-electron chi connectivity index (χ4n) is 3.34. The molecule has 4 atom stereocenters. The van der Waals surface area contributed by atoms with Gasteiger partial charge in [0.1, 0.15) is 5.75 Å². The molecule has 5 heteroatoms. The first-order valence-electron chi connectivity index (χ1n) is 8.75. The zero-order valence-electron chi connectivity index (χ0n) is 14.7. The maximum Gasteiger partial charge on any atom is 0.122 e. The summed E-state index contributed by atoms with van der Waals surface area (Å²) in [5.41, 5.74) is 0.988. The topological polar surface area (TPSA) is 49.7 Å². The van der Waals surface area contributed by atoms with E-state index in [0.29, 0.717) is 19.4 Å². The monoisotopic (exact) mass is 440 g/mol. The molecule has 3 nitrogen and oxygen atoms in total. The van der Waals surface area contributed by atoms with Crippen LogP contribution in [0, 0.1) is 18.8 Å². The Labute approximate surface area is 181 Å². The molecule has 0 amide bonds. The van der Waals surface area contributed by atoms with Gasteiger partial charge in [-0.25, -0.2) is 0 Å². The van der Waals surface area contributed by atoms with Gasteiger partial charge in [0.15, 0.2) is 0 Å². The minimum Gasteiger partial charge on any atom is -0.493 e. The minimum absolute atomic E-state index is 0. The van der Waals surface area contributed by atoms with Gasteiger partial charge in [0, 0.05) is 50.6 Å². The van der Waals surface area contributed by atoms with Gasteiger partial charge < -0.3 is 21.9 Å². The van der Waals surface area contributed by atoms with Crippen LogP contribution in [0.4, 0.5) is 0 Å². The number of para-hydroxylation sites is 1. The maximum atomic E-state index is 10.3. The van der Waals surface area contributed by atoms with Crippen molar-refractivity contribution in [3.8, 4) is 5.75 Å². The molecule has 2 rings (SSSR count). The molecule has 1 fully saturated rings. The average molecular weight is 441 g/mol. The van der Waals surface area contributed by atoms with Crippen molar-refractivity contribution >= 4 is 11.6 Å². The van der Waals surface area contributed by atoms with Crippen LogP contribution in [0.3, 0.4) is 0 Å². The Balaban J connectivity index is 0.00000312. The minimum atomic E-state index is -0.427. The second kappa shape index (κ2) is 12.5. The molecule has 1 aliphatic rings. The molecule has 0 heterocycles. The van der Waals surface area contributed by atoms with Gasteiger partial charge in [-0.3, -0.25) is 0 Å². The van der Waals surface area contributed by atoms with Gasteiger partial charge in [-0.15, -0.1) is 11.6 Å². The Kier molecular flexibility index (Phi) is 11.5. The van der Waals surface area contributed by atoms with Crippen LogP contribution in [0.5, 0.6) is 5.75 Å². The van der Waals surface area contributed by atoms with E-state index >= 15 is 0 Å². The van der Waals surface area contributed by atoms with E-state index in [-0.39, 0.29) is 56.5 Å². The largest absolute Gasteiger partial charge is 0.493 e. The van der Waals surface area contributed by atoms with E-state index in [1.165, 1.54) is 0 Å². The first-order chi connectivity index (χ1) is 11.7. The molecular weight excluding hydrogens is 413 g/mol. The molecule has 0 spiro atoms. The normalized spacial score (nSPS) is 25.9. The van der Waals surface area contributed by atoms with Crippen LogP contribution in [0.1, 0.15) is 31.2 Å². The van der Waals surface area contributed by atoms with Crippen molar-refractivity contribution in [3.63, 3.8) is 0 Å². The summed E-state index contributed by atoms with van der Waals surface area (Å²) >= 11 is 6.45. The molecule has 0 unspecified atom stereocenters. The predicted octanol–water partition coefficient (Wildman–Crippen LogP) is 3.76. The van der Waals surface area contributed by atoms with Gasteiger partial charge >= 0.3 is 0 Å². The van der Waals surface area contributed by atoms with Crippen LogP contribution >= 0.6 is 11.6 Å². The molecule has 0 aliphatic heterocycles. The molecule has 0 bridgehead atoms. The van der Waals surface area contributed by atoms with Crippen molar-refractivity contribution in [1.29, 1.82) is 0 Å². The van der Waals surface area contributed by atoms with E-state index in [0.717, 1.165) is 30.6 Å². The molecule has 0 aromatic heterocycles. The zero-order valence-corrected chi connectivity index (χ0v) is 18.3. The van der Waals surface area contributed by atoms with Crippen molar-refractivity contribution in [3.05, 3.63) is 48.9 Å². The van der Waals surface area contributed by atoms with Gasteiger partial charge in [-0.2, -0.15) is 6.42 Å². The standard InChI is InChI=1S/C20H28ClO3.Y/c1-2-3-4-5-9-16-17(19(23)13-18(16)21)14-24-20-10-7-6-8-15(20)11-12-22;/h4-8,10,16-19,22-23H,1-3,9,11-14H2;/q-1;/b5-4-;/t16-,17-,18-,19-;/m1./s1. The van der Waals surface area contributed by atoms with Gasteiger partial charge in [0.05, 0.1) is 12.7 Å². The SMILES string of the molecule is [CH2-]CC/C=C\C[C@@H]1[C@@H](COc2ccccc2CCO)[C@H](O)C[C@H]1Cl.[Y]. The Bertz CT molecular complexity index is 523. The summed E-state index contributed by atoms with van der Waals surface area (Å²) < 4.78 is 5.99. The van der Waals surface area contributed by atoms with Crippen LogP contribution in [-0.4, -0.2) is 34.9 Å². The van der Waals surface area contributed by atoms with Gasteiger partial charge in [0.25, 0.3) is 0 Å². The fourth-order valence-corrected chi connectivity index (χ4v) is 3.81. The zero-order chi connectivity index (χ0) is 17.4. The number of unbranched alkanes of at least 4 members (excludes halogenated alkanes) is 1. The summed E-state index contributed by atoms with van der Waals surface area (Å²) in [4.78, 5) is 0. The summed E-state index contributed by atoms with van der Waals surface area (Å²) in [5, 5.41) is 19.5. The van der Waals surface area contributed by atoms with Crippen molar-refractivity contribution < 1.29 is 47.7 Å². The summed E-state index contributed by atoms with van der Waals surface area (Å²) in [6.07, 6.45) is 7.76. The van der Waals surface area contributed by atoms with Crippen LogP contribution in [0.15, 0.2) is 36.4 Å². The third kappa shape index (κ3) is 6.95. The first kappa shape index (κ1) is 23.1. The fraction of sp³-hybridized carbons (Fsp3) is 0.550. The quantitative estimate of drug-likeness (QED) is 0.349. The average Bonchev–Trinajstić information content (AvgIpc) is 2.84. The molecule has 1 aromatic rings. The van der Waals surface area contributed by atoms with E-state index in [4.69, 9.17) is 21.4 Å². The van der Waals surface area contributed by atoms with E-state index in [1.54, 1.807) is 0 Å². The number of rotatable bonds is 9. The number of aliphatic hydroxyl groups excluding tert-OH is 2. The molecular formula is C20H28ClO3Y-. The molecule has 1 aliphatic carbocycles. The van der Waals surface area contributed by atoms with Crippen LogP contribution in [0.25, 0.3) is 0 Å². The van der Waals surface area contributed by atoms with E-state index in [9.17, 15) is 5.11 Å². The van der Waals surface area contributed by atoms with Gasteiger partial charge in [0.2, 0.25) is 0 Å². The van der Waals surface area contributed by atoms with Crippen LogP contribution < -0.4 is 4.74 Å². The Morgan fingerprint density at radius 2 is 2.00 bits per heavy atom. The molecule has 1 saturated carbocycles. The first-order valence-corrected chi connectivity index (χ1v) is 9.19. The van der Waals surface area contributed by atoms with Gasteiger partial charge in [-0.05, 0) is 36.8 Å². The molecule has 0 saturated heterocycles. The number of ether oxygens (including phenoxy) is 1. The summed E-state index contributed by atoms with van der Waals surface area (Å²) in [6, 6.07) is 7.73. The maximum absolute atomic E-state index is 10.3. The van der Waals surface area contributed by atoms with E-state index < -0.39 is 6.10 Å². The van der Waals surface area contributed by atoms with Crippen molar-refractivity contribution in [2.45, 2.75) is 43.6 Å². The third-order valence-corrected chi connectivity index (χ3v) is 5.21. The number of benzene rings is 1. The molecule has 1 radical (unpaired) electrons. The summed E-state index contributed by atoms with van der Waals surface area (Å²) in [6.45, 7) is 4.37. The van der Waals surface area contributed by atoms with E-state index in [2.05, 4.69) is 19.1 Å². The Morgan fingerprint density at radius 1 is 1.24 bits per heavy atom. The van der Waals surface area contributed by atoms with Crippen molar-refractivity contribution in [2.24, 2.45) is 11.8 Å². The number of halogens is 1. The summed E-state index contributed by atoms with van der Waals surface area (Å²) in [7, 11) is 0. The Hall–Kier alpha value is 0.0739. The molecule has 137 valence electrons. The number of hydrogen-bond donors (Lipinski definition) is 2. The van der Waals surface area contributed by atoms with Crippen LogP contribution in [0.2, 0.25) is 0 Å².